The smallest absolute Gasteiger partial charge is 0.220 e. The van der Waals surface area contributed by atoms with E-state index < -0.39 is 0 Å². The SMILES string of the molecule is Cc1ccc2cc(N3N=NC4=CN=C(N[C@H]5CC[C@H](C(N)=O)C5)NC43)ccc2n1. The van der Waals surface area contributed by atoms with Gasteiger partial charge in [-0.3, -0.25) is 9.78 Å². The Kier molecular flexibility index (Phi) is 4.15. The molecule has 0 spiro atoms. The number of carbonyl (C=O) groups excluding carboxylic acids is 1. The lowest BCUT2D eigenvalue weighted by molar-refractivity contribution is -0.121. The number of nitrogens with two attached hydrogens (primary N) is 1. The molecule has 0 radical (unpaired) electrons. The van der Waals surface area contributed by atoms with E-state index in [0.29, 0.717) is 5.96 Å². The zero-order chi connectivity index (χ0) is 20.0. The molecule has 1 aromatic carbocycles. The summed E-state index contributed by atoms with van der Waals surface area (Å²) in [5.41, 5.74) is 9.04. The summed E-state index contributed by atoms with van der Waals surface area (Å²) >= 11 is 0. The number of aryl methyl sites for hydroxylation is 1. The number of nitrogens with one attached hydrogen (secondary N) is 2. The second-order valence-corrected chi connectivity index (χ2v) is 7.70. The number of guanidine groups is 1. The minimum atomic E-state index is -0.237. The fourth-order valence-corrected chi connectivity index (χ4v) is 4.06. The zero-order valence-corrected chi connectivity index (χ0v) is 16.0. The van der Waals surface area contributed by atoms with E-state index in [9.17, 15) is 4.79 Å². The number of hydrogen-bond donors (Lipinski definition) is 3. The number of nitrogens with zero attached hydrogens (tertiary/aromatic N) is 5. The first-order valence-corrected chi connectivity index (χ1v) is 9.75. The summed E-state index contributed by atoms with van der Waals surface area (Å²) in [6.07, 6.45) is 3.92. The molecular formula is C20H22N8O. The van der Waals surface area contributed by atoms with Crippen LogP contribution in [0.15, 0.2) is 57.6 Å². The maximum absolute atomic E-state index is 11.4. The van der Waals surface area contributed by atoms with Gasteiger partial charge in [-0.05, 0) is 50.5 Å². The van der Waals surface area contributed by atoms with Crippen LogP contribution in [0.4, 0.5) is 5.69 Å². The van der Waals surface area contributed by atoms with Crippen LogP contribution in [0.1, 0.15) is 25.0 Å². The number of aromatic nitrogens is 1. The minimum absolute atomic E-state index is 0.0642. The first-order chi connectivity index (χ1) is 14.1. The lowest BCUT2D eigenvalue weighted by atomic mass is 10.1. The monoisotopic (exact) mass is 390 g/mol. The molecule has 148 valence electrons. The Morgan fingerprint density at radius 1 is 1.28 bits per heavy atom. The fraction of sp³-hybridized carbons (Fsp3) is 0.350. The van der Waals surface area contributed by atoms with Gasteiger partial charge >= 0.3 is 0 Å². The Morgan fingerprint density at radius 2 is 2.17 bits per heavy atom. The molecule has 2 aromatic rings. The normalized spacial score (nSPS) is 25.4. The van der Waals surface area contributed by atoms with E-state index in [-0.39, 0.29) is 24.0 Å². The van der Waals surface area contributed by atoms with E-state index in [0.717, 1.165) is 47.2 Å². The molecule has 9 nitrogen and oxygen atoms in total. The van der Waals surface area contributed by atoms with Crippen LogP contribution in [0.2, 0.25) is 0 Å². The van der Waals surface area contributed by atoms with E-state index in [2.05, 4.69) is 43.1 Å². The average molecular weight is 390 g/mol. The second-order valence-electron chi connectivity index (χ2n) is 7.70. The van der Waals surface area contributed by atoms with Gasteiger partial charge in [0, 0.05) is 23.0 Å². The summed E-state index contributed by atoms with van der Waals surface area (Å²) in [6, 6.07) is 10.3. The number of pyridine rings is 1. The van der Waals surface area contributed by atoms with Gasteiger partial charge in [-0.25, -0.2) is 10.0 Å². The Labute approximate surface area is 167 Å². The van der Waals surface area contributed by atoms with Crippen molar-refractivity contribution in [1.82, 2.24) is 15.6 Å². The number of rotatable bonds is 3. The average Bonchev–Trinajstić information content (AvgIpc) is 3.34. The molecule has 4 N–H and O–H groups in total. The van der Waals surface area contributed by atoms with Crippen molar-refractivity contribution in [2.24, 2.45) is 27.0 Å². The molecule has 1 saturated carbocycles. The quantitative estimate of drug-likeness (QED) is 0.741. The Bertz CT molecular complexity index is 1080. The first kappa shape index (κ1) is 17.6. The third-order valence-corrected chi connectivity index (χ3v) is 5.63. The topological polar surface area (TPSA) is 120 Å². The molecule has 3 heterocycles. The van der Waals surface area contributed by atoms with Crippen molar-refractivity contribution < 1.29 is 4.79 Å². The number of amides is 1. The number of primary amides is 1. The number of carbonyl (C=O) groups is 1. The molecule has 29 heavy (non-hydrogen) atoms. The third-order valence-electron chi connectivity index (χ3n) is 5.63. The van der Waals surface area contributed by atoms with Crippen LogP contribution in [0.5, 0.6) is 0 Å². The Balaban J connectivity index is 1.32. The van der Waals surface area contributed by atoms with Crippen LogP contribution in [0.3, 0.4) is 0 Å². The highest BCUT2D eigenvalue weighted by molar-refractivity contribution is 5.85. The van der Waals surface area contributed by atoms with Crippen LogP contribution in [-0.2, 0) is 4.79 Å². The van der Waals surface area contributed by atoms with Gasteiger partial charge < -0.3 is 16.4 Å². The summed E-state index contributed by atoms with van der Waals surface area (Å²) in [5, 5.41) is 18.2. The fourth-order valence-electron chi connectivity index (χ4n) is 4.06. The van der Waals surface area contributed by atoms with Gasteiger partial charge in [0.15, 0.2) is 12.1 Å². The van der Waals surface area contributed by atoms with Gasteiger partial charge in [0.2, 0.25) is 5.91 Å². The van der Waals surface area contributed by atoms with Gasteiger partial charge in [0.05, 0.1) is 17.4 Å². The standard InChI is InChI=1S/C20H22N8O/c1-11-2-3-12-9-15(6-7-16(12)23-11)28-19-17(26-27-28)10-22-20(25-19)24-14-5-4-13(8-14)18(21)29/h2-3,6-7,9-10,13-14,19H,4-5,8H2,1H3,(H2,21,29)(H2,22,24,25)/t13-,14-,19?/m0/s1. The van der Waals surface area contributed by atoms with E-state index in [4.69, 9.17) is 5.73 Å². The Hall–Kier alpha value is -3.49. The van der Waals surface area contributed by atoms with Crippen molar-refractivity contribution in [2.45, 2.75) is 38.4 Å². The van der Waals surface area contributed by atoms with Crippen LogP contribution >= 0.6 is 0 Å². The molecule has 1 aromatic heterocycles. The minimum Gasteiger partial charge on any atom is -0.369 e. The molecule has 1 unspecified atom stereocenters. The molecule has 1 amide bonds. The number of hydrogen-bond acceptors (Lipinski definition) is 8. The summed E-state index contributed by atoms with van der Waals surface area (Å²) in [6.45, 7) is 1.98. The second kappa shape index (κ2) is 6.84. The van der Waals surface area contributed by atoms with Crippen LogP contribution < -0.4 is 21.4 Å². The maximum atomic E-state index is 11.4. The molecule has 5 rings (SSSR count). The Morgan fingerprint density at radius 3 is 3.00 bits per heavy atom. The highest BCUT2D eigenvalue weighted by Crippen LogP contribution is 2.31. The van der Waals surface area contributed by atoms with Crippen molar-refractivity contribution >= 4 is 28.5 Å². The molecule has 3 aliphatic rings. The molecular weight excluding hydrogens is 368 g/mol. The highest BCUT2D eigenvalue weighted by Gasteiger charge is 2.34. The summed E-state index contributed by atoms with van der Waals surface area (Å²) in [4.78, 5) is 20.4. The van der Waals surface area contributed by atoms with Crippen molar-refractivity contribution in [3.63, 3.8) is 0 Å². The van der Waals surface area contributed by atoms with Crippen LogP contribution in [-0.4, -0.2) is 29.1 Å². The predicted molar refractivity (Wildman–Crippen MR) is 110 cm³/mol. The van der Waals surface area contributed by atoms with Crippen molar-refractivity contribution in [1.29, 1.82) is 0 Å². The highest BCUT2D eigenvalue weighted by atomic mass is 16.1. The predicted octanol–water partition coefficient (Wildman–Crippen LogP) is 2.10. The molecule has 2 aliphatic heterocycles. The molecule has 0 bridgehead atoms. The third kappa shape index (κ3) is 3.28. The van der Waals surface area contributed by atoms with E-state index >= 15 is 0 Å². The van der Waals surface area contributed by atoms with Crippen molar-refractivity contribution in [3.05, 3.63) is 47.9 Å². The molecule has 1 aliphatic carbocycles. The molecule has 3 atom stereocenters. The number of aliphatic imine (C=N–C) groups is 1. The maximum Gasteiger partial charge on any atom is 0.220 e. The van der Waals surface area contributed by atoms with Crippen LogP contribution in [0, 0.1) is 12.8 Å². The number of anilines is 1. The van der Waals surface area contributed by atoms with Gasteiger partial charge in [-0.2, -0.15) is 0 Å². The lowest BCUT2D eigenvalue weighted by Gasteiger charge is -2.28. The zero-order valence-electron chi connectivity index (χ0n) is 16.0. The molecule has 9 heteroatoms. The summed E-state index contributed by atoms with van der Waals surface area (Å²) in [5.74, 6) is 0.366. The van der Waals surface area contributed by atoms with Gasteiger partial charge in [0.1, 0.15) is 5.70 Å². The first-order valence-electron chi connectivity index (χ1n) is 9.75. The van der Waals surface area contributed by atoms with E-state index in [1.807, 2.05) is 30.1 Å². The van der Waals surface area contributed by atoms with E-state index in [1.54, 1.807) is 6.20 Å². The van der Waals surface area contributed by atoms with Gasteiger partial charge in [0.25, 0.3) is 0 Å². The van der Waals surface area contributed by atoms with Crippen LogP contribution in [0.25, 0.3) is 10.9 Å². The van der Waals surface area contributed by atoms with Crippen molar-refractivity contribution in [2.75, 3.05) is 5.01 Å². The largest absolute Gasteiger partial charge is 0.369 e. The van der Waals surface area contributed by atoms with Gasteiger partial charge in [-0.1, -0.05) is 11.3 Å². The van der Waals surface area contributed by atoms with Crippen molar-refractivity contribution in [3.8, 4) is 0 Å². The van der Waals surface area contributed by atoms with E-state index in [1.165, 1.54) is 0 Å². The number of benzene rings is 1. The molecule has 0 saturated heterocycles. The molecule has 1 fully saturated rings. The van der Waals surface area contributed by atoms with Gasteiger partial charge in [-0.15, -0.1) is 5.11 Å². The summed E-state index contributed by atoms with van der Waals surface area (Å²) < 4.78 is 0. The summed E-state index contributed by atoms with van der Waals surface area (Å²) in [7, 11) is 0. The number of fused-ring (bicyclic) bond motifs is 2. The lowest BCUT2D eigenvalue weighted by Crippen LogP contribution is -2.52.